The van der Waals surface area contributed by atoms with E-state index in [9.17, 15) is 0 Å². The Morgan fingerprint density at radius 3 is 2.29 bits per heavy atom. The quantitative estimate of drug-likeness (QED) is 0.301. The van der Waals surface area contributed by atoms with Gasteiger partial charge in [-0.2, -0.15) is 11.8 Å². The number of hydrogen-bond acceptors (Lipinski definition) is 3. The second-order valence-corrected chi connectivity index (χ2v) is 9.40. The van der Waals surface area contributed by atoms with Crippen LogP contribution in [0.3, 0.4) is 0 Å². The third kappa shape index (κ3) is 8.82. The zero-order valence-electron chi connectivity index (χ0n) is 16.4. The summed E-state index contributed by atoms with van der Waals surface area (Å²) in [5, 5.41) is 5.08. The molecule has 0 heterocycles. The maximum absolute atomic E-state index is 3.60. The van der Waals surface area contributed by atoms with E-state index >= 15 is 0 Å². The monoisotopic (exact) mass is 367 g/mol. The number of nitrogens with one attached hydrogen (secondary N) is 1. The number of benzene rings is 1. The highest BCUT2D eigenvalue weighted by molar-refractivity contribution is 8.00. The average Bonchev–Trinajstić information content (AvgIpc) is 2.61. The van der Waals surface area contributed by atoms with Crippen molar-refractivity contribution in [3.63, 3.8) is 0 Å². The van der Waals surface area contributed by atoms with Gasteiger partial charge in [-0.15, -0.1) is 11.8 Å². The smallest absolute Gasteiger partial charge is 0.0206 e. The molecule has 1 rings (SSSR count). The minimum absolute atomic E-state index is 0.739. The first kappa shape index (κ1) is 21.9. The second kappa shape index (κ2) is 13.1. The van der Waals surface area contributed by atoms with Crippen LogP contribution in [-0.2, 0) is 12.3 Å². The summed E-state index contributed by atoms with van der Waals surface area (Å²) < 4.78 is 0. The maximum Gasteiger partial charge on any atom is 0.0206 e. The van der Waals surface area contributed by atoms with Crippen LogP contribution in [-0.4, -0.2) is 17.0 Å². The molecule has 1 unspecified atom stereocenters. The van der Waals surface area contributed by atoms with Crippen molar-refractivity contribution in [2.24, 2.45) is 0 Å². The molecular weight excluding hydrogens is 330 g/mol. The normalized spacial score (nSPS) is 12.8. The number of hydrogen-bond donors (Lipinski definition) is 1. The third-order valence-corrected chi connectivity index (χ3v) is 7.30. The van der Waals surface area contributed by atoms with Crippen molar-refractivity contribution >= 4 is 23.5 Å². The van der Waals surface area contributed by atoms with Crippen LogP contribution in [0.4, 0.5) is 0 Å². The van der Waals surface area contributed by atoms with E-state index in [1.54, 1.807) is 0 Å². The van der Waals surface area contributed by atoms with Gasteiger partial charge in [0.05, 0.1) is 0 Å². The standard InChI is InChI=1S/C21H37NS2/c1-6-10-11-22-15-18-12-19(16-23-17(5)7-2)14-21(13-18)24-20(8-3)9-4/h12-14,17,20,22H,6-11,15-16H2,1-5H3. The molecule has 0 fully saturated rings. The summed E-state index contributed by atoms with van der Waals surface area (Å²) in [4.78, 5) is 1.46. The van der Waals surface area contributed by atoms with Crippen LogP contribution in [0.25, 0.3) is 0 Å². The largest absolute Gasteiger partial charge is 0.313 e. The van der Waals surface area contributed by atoms with Gasteiger partial charge in [0.2, 0.25) is 0 Å². The van der Waals surface area contributed by atoms with Crippen LogP contribution >= 0.6 is 23.5 Å². The second-order valence-electron chi connectivity index (χ2n) is 6.60. The summed E-state index contributed by atoms with van der Waals surface area (Å²) in [6.07, 6.45) is 6.26. The van der Waals surface area contributed by atoms with Crippen LogP contribution in [0, 0.1) is 0 Å². The van der Waals surface area contributed by atoms with Gasteiger partial charge in [0.15, 0.2) is 0 Å². The Kier molecular flexibility index (Phi) is 12.0. The number of rotatable bonds is 13. The van der Waals surface area contributed by atoms with Crippen molar-refractivity contribution in [2.45, 2.75) is 94.4 Å². The van der Waals surface area contributed by atoms with Gasteiger partial charge in [0.1, 0.15) is 0 Å². The van der Waals surface area contributed by atoms with Gasteiger partial charge < -0.3 is 5.32 Å². The molecule has 0 saturated heterocycles. The molecule has 0 aliphatic heterocycles. The minimum Gasteiger partial charge on any atom is -0.313 e. The van der Waals surface area contributed by atoms with E-state index in [0.29, 0.717) is 0 Å². The Balaban J connectivity index is 2.79. The van der Waals surface area contributed by atoms with Gasteiger partial charge in [0.25, 0.3) is 0 Å². The molecule has 0 spiro atoms. The molecule has 0 saturated carbocycles. The fraction of sp³-hybridized carbons (Fsp3) is 0.714. The lowest BCUT2D eigenvalue weighted by Gasteiger charge is -2.16. The first-order valence-electron chi connectivity index (χ1n) is 9.74. The molecule has 0 aliphatic carbocycles. The van der Waals surface area contributed by atoms with Crippen molar-refractivity contribution in [3.05, 3.63) is 29.3 Å². The summed E-state index contributed by atoms with van der Waals surface area (Å²) >= 11 is 4.14. The molecule has 1 nitrogen and oxygen atoms in total. The average molecular weight is 368 g/mol. The lowest BCUT2D eigenvalue weighted by atomic mass is 10.1. The molecule has 138 valence electrons. The van der Waals surface area contributed by atoms with Crippen molar-refractivity contribution in [1.82, 2.24) is 5.32 Å². The summed E-state index contributed by atoms with van der Waals surface area (Å²) in [5.74, 6) is 1.13. The van der Waals surface area contributed by atoms with E-state index in [1.165, 1.54) is 48.1 Å². The Morgan fingerprint density at radius 1 is 0.958 bits per heavy atom. The predicted molar refractivity (Wildman–Crippen MR) is 114 cm³/mol. The first-order chi connectivity index (χ1) is 11.6. The summed E-state index contributed by atoms with van der Waals surface area (Å²) in [6, 6.07) is 7.23. The van der Waals surface area contributed by atoms with E-state index < -0.39 is 0 Å². The van der Waals surface area contributed by atoms with Crippen molar-refractivity contribution in [1.29, 1.82) is 0 Å². The first-order valence-corrected chi connectivity index (χ1v) is 11.7. The Bertz CT molecular complexity index is 443. The third-order valence-electron chi connectivity index (χ3n) is 4.39. The number of unbranched alkanes of at least 4 members (excludes halogenated alkanes) is 1. The zero-order valence-corrected chi connectivity index (χ0v) is 18.0. The van der Waals surface area contributed by atoms with Crippen molar-refractivity contribution in [3.8, 4) is 0 Å². The molecule has 1 N–H and O–H groups in total. The Morgan fingerprint density at radius 2 is 1.67 bits per heavy atom. The van der Waals surface area contributed by atoms with Crippen LogP contribution in [0.15, 0.2) is 23.1 Å². The van der Waals surface area contributed by atoms with E-state index in [2.05, 4.69) is 81.7 Å². The highest BCUT2D eigenvalue weighted by Crippen LogP contribution is 2.31. The fourth-order valence-corrected chi connectivity index (χ4v) is 4.56. The van der Waals surface area contributed by atoms with Gasteiger partial charge in [-0.1, -0.05) is 47.1 Å². The maximum atomic E-state index is 3.60. The minimum atomic E-state index is 0.739. The number of thioether (sulfide) groups is 2. The molecule has 0 radical (unpaired) electrons. The molecule has 1 aromatic rings. The summed E-state index contributed by atoms with van der Waals surface area (Å²) in [5.41, 5.74) is 2.94. The van der Waals surface area contributed by atoms with E-state index in [4.69, 9.17) is 0 Å². The van der Waals surface area contributed by atoms with E-state index in [-0.39, 0.29) is 0 Å². The highest BCUT2D eigenvalue weighted by Gasteiger charge is 2.09. The summed E-state index contributed by atoms with van der Waals surface area (Å²) in [6.45, 7) is 13.6. The zero-order chi connectivity index (χ0) is 17.8. The topological polar surface area (TPSA) is 12.0 Å². The van der Waals surface area contributed by atoms with Gasteiger partial charge in [0, 0.05) is 27.7 Å². The SMILES string of the molecule is CCCCNCc1cc(CSC(C)CC)cc(SC(CC)CC)c1. The van der Waals surface area contributed by atoms with Crippen LogP contribution in [0.2, 0.25) is 0 Å². The molecule has 1 atom stereocenters. The summed E-state index contributed by atoms with van der Waals surface area (Å²) in [7, 11) is 0. The lowest BCUT2D eigenvalue weighted by Crippen LogP contribution is -2.14. The molecule has 0 amide bonds. The Hall–Kier alpha value is -0.120. The van der Waals surface area contributed by atoms with E-state index in [1.807, 2.05) is 0 Å². The van der Waals surface area contributed by atoms with Gasteiger partial charge in [-0.25, -0.2) is 0 Å². The van der Waals surface area contributed by atoms with Gasteiger partial charge >= 0.3 is 0 Å². The lowest BCUT2D eigenvalue weighted by molar-refractivity contribution is 0.640. The van der Waals surface area contributed by atoms with Crippen LogP contribution in [0.5, 0.6) is 0 Å². The molecule has 1 aromatic carbocycles. The molecule has 0 aromatic heterocycles. The molecule has 0 bridgehead atoms. The van der Waals surface area contributed by atoms with Gasteiger partial charge in [-0.05, 0) is 55.5 Å². The predicted octanol–water partition coefficient (Wildman–Crippen LogP) is 6.89. The highest BCUT2D eigenvalue weighted by atomic mass is 32.2. The Labute approximate surface area is 159 Å². The molecular formula is C21H37NS2. The molecule has 24 heavy (non-hydrogen) atoms. The van der Waals surface area contributed by atoms with E-state index in [0.717, 1.165) is 29.3 Å². The van der Waals surface area contributed by atoms with Gasteiger partial charge in [-0.3, -0.25) is 0 Å². The van der Waals surface area contributed by atoms with Crippen molar-refractivity contribution in [2.75, 3.05) is 6.54 Å². The van der Waals surface area contributed by atoms with Crippen molar-refractivity contribution < 1.29 is 0 Å². The van der Waals surface area contributed by atoms with Crippen LogP contribution in [0.1, 0.15) is 77.8 Å². The molecule has 3 heteroatoms. The fourth-order valence-electron chi connectivity index (χ4n) is 2.52. The van der Waals surface area contributed by atoms with Crippen LogP contribution < -0.4 is 5.32 Å². The molecule has 0 aliphatic rings.